The molecule has 20 heavy (non-hydrogen) atoms. The number of halogens is 1. The number of benzene rings is 1. The minimum Gasteiger partial charge on any atom is -0.371 e. The molecule has 0 radical (unpaired) electrons. The molecule has 3 rings (SSSR count). The third kappa shape index (κ3) is 3.46. The number of rotatable bonds is 3. The van der Waals surface area contributed by atoms with E-state index in [1.54, 1.807) is 0 Å². The van der Waals surface area contributed by atoms with Gasteiger partial charge in [-0.15, -0.1) is 0 Å². The van der Waals surface area contributed by atoms with Crippen molar-refractivity contribution in [2.75, 3.05) is 44.2 Å². The molecule has 2 fully saturated rings. The van der Waals surface area contributed by atoms with E-state index in [0.29, 0.717) is 0 Å². The topological polar surface area (TPSA) is 18.5 Å². The predicted molar refractivity (Wildman–Crippen MR) is 85.7 cm³/mol. The van der Waals surface area contributed by atoms with E-state index < -0.39 is 0 Å². The molecule has 110 valence electrons. The van der Waals surface area contributed by atoms with Crippen LogP contribution in [-0.2, 0) is 6.54 Å². The highest BCUT2D eigenvalue weighted by Gasteiger charge is 2.17. The molecule has 2 saturated heterocycles. The maximum Gasteiger partial charge on any atom is 0.0412 e. The minimum absolute atomic E-state index is 0.857. The maximum atomic E-state index is 6.22. The van der Waals surface area contributed by atoms with Gasteiger partial charge in [-0.3, -0.25) is 4.90 Å². The molecule has 0 aliphatic carbocycles. The van der Waals surface area contributed by atoms with E-state index >= 15 is 0 Å². The molecule has 0 atom stereocenters. The minimum atomic E-state index is 0.857. The molecule has 0 unspecified atom stereocenters. The normalized spacial score (nSPS) is 21.1. The molecule has 1 N–H and O–H groups in total. The third-order valence-electron chi connectivity index (χ3n) is 4.34. The summed E-state index contributed by atoms with van der Waals surface area (Å²) in [5.41, 5.74) is 2.79. The van der Waals surface area contributed by atoms with Crippen LogP contribution in [0.5, 0.6) is 0 Å². The lowest BCUT2D eigenvalue weighted by atomic mass is 10.1. The smallest absolute Gasteiger partial charge is 0.0412 e. The van der Waals surface area contributed by atoms with E-state index in [1.165, 1.54) is 43.6 Å². The SMILES string of the molecule is Clc1ccc(N2CCCCC2)c(CN2CCNCC2)c1. The molecule has 0 bridgehead atoms. The van der Waals surface area contributed by atoms with Gasteiger partial charge in [0.2, 0.25) is 0 Å². The van der Waals surface area contributed by atoms with Gasteiger partial charge in [0.05, 0.1) is 0 Å². The number of hydrogen-bond donors (Lipinski definition) is 1. The van der Waals surface area contributed by atoms with Crippen molar-refractivity contribution >= 4 is 17.3 Å². The van der Waals surface area contributed by atoms with Crippen LogP contribution in [0.3, 0.4) is 0 Å². The Balaban J connectivity index is 1.77. The molecule has 3 nitrogen and oxygen atoms in total. The average molecular weight is 294 g/mol. The Morgan fingerprint density at radius 3 is 2.50 bits per heavy atom. The fraction of sp³-hybridized carbons (Fsp3) is 0.625. The van der Waals surface area contributed by atoms with Gasteiger partial charge in [0, 0.05) is 56.5 Å². The van der Waals surface area contributed by atoms with Crippen molar-refractivity contribution in [1.29, 1.82) is 0 Å². The fourth-order valence-electron chi connectivity index (χ4n) is 3.23. The van der Waals surface area contributed by atoms with Crippen molar-refractivity contribution in [3.8, 4) is 0 Å². The molecular formula is C16H24ClN3. The number of nitrogens with zero attached hydrogens (tertiary/aromatic N) is 2. The first-order valence-corrected chi connectivity index (χ1v) is 8.17. The number of nitrogens with one attached hydrogen (secondary N) is 1. The Kier molecular flexibility index (Phi) is 4.81. The Bertz CT molecular complexity index is 437. The van der Waals surface area contributed by atoms with Gasteiger partial charge in [-0.1, -0.05) is 11.6 Å². The van der Waals surface area contributed by atoms with E-state index in [1.807, 2.05) is 6.07 Å². The van der Waals surface area contributed by atoms with Crippen LogP contribution in [0.1, 0.15) is 24.8 Å². The largest absolute Gasteiger partial charge is 0.371 e. The maximum absolute atomic E-state index is 6.22. The first kappa shape index (κ1) is 14.2. The van der Waals surface area contributed by atoms with Crippen molar-refractivity contribution in [3.63, 3.8) is 0 Å². The zero-order chi connectivity index (χ0) is 13.8. The van der Waals surface area contributed by atoms with Crippen LogP contribution < -0.4 is 10.2 Å². The Labute approximate surface area is 126 Å². The molecular weight excluding hydrogens is 270 g/mol. The molecule has 0 aromatic heterocycles. The summed E-state index contributed by atoms with van der Waals surface area (Å²) in [6, 6.07) is 6.41. The Morgan fingerprint density at radius 2 is 1.75 bits per heavy atom. The highest BCUT2D eigenvalue weighted by Crippen LogP contribution is 2.28. The summed E-state index contributed by atoms with van der Waals surface area (Å²) in [5, 5.41) is 4.27. The second-order valence-electron chi connectivity index (χ2n) is 5.85. The summed E-state index contributed by atoms with van der Waals surface area (Å²) in [5.74, 6) is 0. The standard InChI is InChI=1S/C16H24ClN3/c17-15-4-5-16(20-8-2-1-3-9-20)14(12-15)13-19-10-6-18-7-11-19/h4-5,12,18H,1-3,6-11,13H2. The van der Waals surface area contributed by atoms with Crippen LogP contribution in [-0.4, -0.2) is 44.2 Å². The van der Waals surface area contributed by atoms with Crippen LogP contribution >= 0.6 is 11.6 Å². The quantitative estimate of drug-likeness (QED) is 0.924. The second-order valence-corrected chi connectivity index (χ2v) is 6.28. The van der Waals surface area contributed by atoms with Crippen molar-refractivity contribution in [1.82, 2.24) is 10.2 Å². The zero-order valence-corrected chi connectivity index (χ0v) is 12.8. The summed E-state index contributed by atoms with van der Waals surface area (Å²) in [7, 11) is 0. The molecule has 0 amide bonds. The Hall–Kier alpha value is -0.770. The van der Waals surface area contributed by atoms with Crippen LogP contribution in [0, 0.1) is 0 Å². The van der Waals surface area contributed by atoms with Crippen LogP contribution in [0.15, 0.2) is 18.2 Å². The third-order valence-corrected chi connectivity index (χ3v) is 4.58. The summed E-state index contributed by atoms with van der Waals surface area (Å²) < 4.78 is 0. The second kappa shape index (κ2) is 6.79. The fourth-order valence-corrected chi connectivity index (χ4v) is 3.43. The van der Waals surface area contributed by atoms with E-state index in [4.69, 9.17) is 11.6 Å². The van der Waals surface area contributed by atoms with Gasteiger partial charge in [0.15, 0.2) is 0 Å². The van der Waals surface area contributed by atoms with E-state index in [9.17, 15) is 0 Å². The lowest BCUT2D eigenvalue weighted by Crippen LogP contribution is -2.43. The summed E-state index contributed by atoms with van der Waals surface area (Å²) in [6.07, 6.45) is 4.00. The highest BCUT2D eigenvalue weighted by molar-refractivity contribution is 6.30. The first-order chi connectivity index (χ1) is 9.83. The number of piperidine rings is 1. The molecule has 0 saturated carbocycles. The van der Waals surface area contributed by atoms with Crippen LogP contribution in [0.2, 0.25) is 5.02 Å². The van der Waals surface area contributed by atoms with Crippen LogP contribution in [0.25, 0.3) is 0 Å². The van der Waals surface area contributed by atoms with Gasteiger partial charge in [-0.05, 0) is 43.0 Å². The van der Waals surface area contributed by atoms with Gasteiger partial charge >= 0.3 is 0 Å². The summed E-state index contributed by atoms with van der Waals surface area (Å²) in [4.78, 5) is 5.06. The van der Waals surface area contributed by atoms with Crippen LogP contribution in [0.4, 0.5) is 5.69 Å². The van der Waals surface area contributed by atoms with E-state index in [-0.39, 0.29) is 0 Å². The zero-order valence-electron chi connectivity index (χ0n) is 12.1. The van der Waals surface area contributed by atoms with Gasteiger partial charge in [0.25, 0.3) is 0 Å². The number of hydrogen-bond acceptors (Lipinski definition) is 3. The molecule has 4 heteroatoms. The molecule has 1 aromatic carbocycles. The molecule has 2 heterocycles. The van der Waals surface area contributed by atoms with E-state index in [2.05, 4.69) is 27.2 Å². The number of piperazine rings is 1. The van der Waals surface area contributed by atoms with Gasteiger partial charge in [0.1, 0.15) is 0 Å². The van der Waals surface area contributed by atoms with Gasteiger partial charge < -0.3 is 10.2 Å². The lowest BCUT2D eigenvalue weighted by molar-refractivity contribution is 0.233. The van der Waals surface area contributed by atoms with Crippen molar-refractivity contribution in [2.24, 2.45) is 0 Å². The monoisotopic (exact) mass is 293 g/mol. The average Bonchev–Trinajstić information content (AvgIpc) is 2.49. The first-order valence-electron chi connectivity index (χ1n) is 7.79. The van der Waals surface area contributed by atoms with Crippen molar-refractivity contribution in [3.05, 3.63) is 28.8 Å². The molecule has 2 aliphatic heterocycles. The number of anilines is 1. The molecule has 2 aliphatic rings. The summed E-state index contributed by atoms with van der Waals surface area (Å²) >= 11 is 6.22. The van der Waals surface area contributed by atoms with Gasteiger partial charge in [-0.25, -0.2) is 0 Å². The Morgan fingerprint density at radius 1 is 1.00 bits per heavy atom. The summed E-state index contributed by atoms with van der Waals surface area (Å²) in [6.45, 7) is 7.86. The molecule has 1 aromatic rings. The van der Waals surface area contributed by atoms with E-state index in [0.717, 1.165) is 37.7 Å². The lowest BCUT2D eigenvalue weighted by Gasteiger charge is -2.33. The van der Waals surface area contributed by atoms with Crippen molar-refractivity contribution < 1.29 is 0 Å². The predicted octanol–water partition coefficient (Wildman–Crippen LogP) is 2.74. The molecule has 0 spiro atoms. The van der Waals surface area contributed by atoms with Gasteiger partial charge in [-0.2, -0.15) is 0 Å². The van der Waals surface area contributed by atoms with Crippen molar-refractivity contribution in [2.45, 2.75) is 25.8 Å². The highest BCUT2D eigenvalue weighted by atomic mass is 35.5.